The molecule has 2 rings (SSSR count). The van der Waals surface area contributed by atoms with Gasteiger partial charge in [0.15, 0.2) is 0 Å². The van der Waals surface area contributed by atoms with Crippen LogP contribution in [0.5, 0.6) is 0 Å². The van der Waals surface area contributed by atoms with E-state index in [1.165, 1.54) is 7.05 Å². The largest absolute Gasteiger partial charge is 0.497 e. The SMILES string of the molecule is CNS(=O)(=O)c1ccc(C)c(NCC2CCC=CO2)c1. The van der Waals surface area contributed by atoms with Crippen LogP contribution in [0, 0.1) is 6.92 Å². The van der Waals surface area contributed by atoms with E-state index in [9.17, 15) is 8.42 Å². The van der Waals surface area contributed by atoms with E-state index in [0.717, 1.165) is 24.1 Å². The predicted molar refractivity (Wildman–Crippen MR) is 79.2 cm³/mol. The Hall–Kier alpha value is -1.53. The molecule has 2 N–H and O–H groups in total. The molecule has 0 radical (unpaired) electrons. The molecule has 0 spiro atoms. The smallest absolute Gasteiger partial charge is 0.240 e. The molecular formula is C14H20N2O3S. The molecule has 20 heavy (non-hydrogen) atoms. The van der Waals surface area contributed by atoms with Gasteiger partial charge in [0.2, 0.25) is 10.0 Å². The van der Waals surface area contributed by atoms with E-state index in [0.29, 0.717) is 6.54 Å². The van der Waals surface area contributed by atoms with Crippen LogP contribution in [0.15, 0.2) is 35.4 Å². The normalized spacial score (nSPS) is 18.6. The molecule has 6 heteroatoms. The Balaban J connectivity index is 2.11. The first kappa shape index (κ1) is 14.9. The number of allylic oxidation sites excluding steroid dienone is 1. The van der Waals surface area contributed by atoms with Crippen molar-refractivity contribution in [2.24, 2.45) is 0 Å². The first-order chi connectivity index (χ1) is 9.53. The van der Waals surface area contributed by atoms with Gasteiger partial charge in [-0.3, -0.25) is 0 Å². The summed E-state index contributed by atoms with van der Waals surface area (Å²) >= 11 is 0. The number of nitrogens with one attached hydrogen (secondary N) is 2. The highest BCUT2D eigenvalue weighted by atomic mass is 32.2. The summed E-state index contributed by atoms with van der Waals surface area (Å²) in [5.74, 6) is 0. The highest BCUT2D eigenvalue weighted by Crippen LogP contribution is 2.21. The number of ether oxygens (including phenoxy) is 1. The third-order valence-electron chi connectivity index (χ3n) is 3.33. The van der Waals surface area contributed by atoms with Crippen molar-refractivity contribution in [2.75, 3.05) is 18.9 Å². The summed E-state index contributed by atoms with van der Waals surface area (Å²) in [6.07, 6.45) is 5.84. The Kier molecular flexibility index (Phi) is 4.67. The summed E-state index contributed by atoms with van der Waals surface area (Å²) in [6.45, 7) is 2.61. The number of hydrogen-bond donors (Lipinski definition) is 2. The van der Waals surface area contributed by atoms with Gasteiger partial charge in [-0.1, -0.05) is 6.07 Å². The number of aryl methyl sites for hydroxylation is 1. The van der Waals surface area contributed by atoms with Crippen molar-refractivity contribution in [3.63, 3.8) is 0 Å². The topological polar surface area (TPSA) is 67.4 Å². The lowest BCUT2D eigenvalue weighted by molar-refractivity contribution is 0.135. The molecule has 110 valence electrons. The van der Waals surface area contributed by atoms with E-state index >= 15 is 0 Å². The molecule has 0 aliphatic carbocycles. The lowest BCUT2D eigenvalue weighted by Crippen LogP contribution is -2.23. The molecule has 1 heterocycles. The number of anilines is 1. The Bertz CT molecular complexity index is 596. The van der Waals surface area contributed by atoms with E-state index < -0.39 is 10.0 Å². The molecule has 5 nitrogen and oxygen atoms in total. The van der Waals surface area contributed by atoms with Crippen molar-refractivity contribution in [3.05, 3.63) is 36.1 Å². The zero-order chi connectivity index (χ0) is 14.6. The highest BCUT2D eigenvalue weighted by molar-refractivity contribution is 7.89. The molecule has 0 bridgehead atoms. The molecule has 1 aliphatic heterocycles. The maximum absolute atomic E-state index is 11.8. The van der Waals surface area contributed by atoms with Crippen molar-refractivity contribution in [3.8, 4) is 0 Å². The van der Waals surface area contributed by atoms with Crippen LogP contribution in [0.2, 0.25) is 0 Å². The molecule has 0 fully saturated rings. The third-order valence-corrected chi connectivity index (χ3v) is 4.74. The van der Waals surface area contributed by atoms with Gasteiger partial charge >= 0.3 is 0 Å². The third kappa shape index (κ3) is 3.52. The highest BCUT2D eigenvalue weighted by Gasteiger charge is 2.14. The van der Waals surface area contributed by atoms with Gasteiger partial charge < -0.3 is 10.1 Å². The second-order valence-corrected chi connectivity index (χ2v) is 6.66. The zero-order valence-electron chi connectivity index (χ0n) is 11.7. The maximum atomic E-state index is 11.8. The van der Waals surface area contributed by atoms with Crippen molar-refractivity contribution < 1.29 is 13.2 Å². The van der Waals surface area contributed by atoms with Crippen LogP contribution in [0.3, 0.4) is 0 Å². The van der Waals surface area contributed by atoms with E-state index in [2.05, 4.69) is 10.0 Å². The van der Waals surface area contributed by atoms with Crippen LogP contribution in [-0.4, -0.2) is 28.1 Å². The zero-order valence-corrected chi connectivity index (χ0v) is 12.5. The minimum atomic E-state index is -3.41. The average Bonchev–Trinajstić information content (AvgIpc) is 2.47. The number of benzene rings is 1. The minimum absolute atomic E-state index is 0.129. The van der Waals surface area contributed by atoms with Crippen LogP contribution in [0.4, 0.5) is 5.69 Å². The molecule has 0 amide bonds. The lowest BCUT2D eigenvalue weighted by Gasteiger charge is -2.21. The van der Waals surface area contributed by atoms with Crippen LogP contribution in [0.1, 0.15) is 18.4 Å². The second kappa shape index (κ2) is 6.28. The van der Waals surface area contributed by atoms with Crippen molar-refractivity contribution in [1.29, 1.82) is 0 Å². The summed E-state index contributed by atoms with van der Waals surface area (Å²) in [4.78, 5) is 0.262. The van der Waals surface area contributed by atoms with Crippen molar-refractivity contribution in [1.82, 2.24) is 4.72 Å². The quantitative estimate of drug-likeness (QED) is 0.872. The minimum Gasteiger partial charge on any atom is -0.497 e. The molecule has 0 saturated heterocycles. The van der Waals surface area contributed by atoms with Gasteiger partial charge in [-0.15, -0.1) is 0 Å². The van der Waals surface area contributed by atoms with Gasteiger partial charge in [0, 0.05) is 5.69 Å². The maximum Gasteiger partial charge on any atom is 0.240 e. The summed E-state index contributed by atoms with van der Waals surface area (Å²) in [6, 6.07) is 5.06. The Morgan fingerprint density at radius 1 is 1.40 bits per heavy atom. The van der Waals surface area contributed by atoms with Crippen LogP contribution in [0.25, 0.3) is 0 Å². The molecule has 1 aromatic rings. The Morgan fingerprint density at radius 2 is 2.20 bits per heavy atom. The average molecular weight is 296 g/mol. The summed E-state index contributed by atoms with van der Waals surface area (Å²) < 4.78 is 31.4. The van der Waals surface area contributed by atoms with Gasteiger partial charge in [-0.2, -0.15) is 0 Å². The molecule has 0 aromatic heterocycles. The van der Waals surface area contributed by atoms with Crippen molar-refractivity contribution >= 4 is 15.7 Å². The van der Waals surface area contributed by atoms with Gasteiger partial charge in [0.05, 0.1) is 17.7 Å². The van der Waals surface area contributed by atoms with Crippen LogP contribution >= 0.6 is 0 Å². The van der Waals surface area contributed by atoms with E-state index in [1.807, 2.05) is 13.0 Å². The molecule has 1 aliphatic rings. The second-order valence-electron chi connectivity index (χ2n) is 4.77. The number of hydrogen-bond acceptors (Lipinski definition) is 4. The lowest BCUT2D eigenvalue weighted by atomic mass is 10.1. The fourth-order valence-electron chi connectivity index (χ4n) is 2.04. The van der Waals surface area contributed by atoms with E-state index in [4.69, 9.17) is 4.74 Å². The molecule has 1 aromatic carbocycles. The first-order valence-corrected chi connectivity index (χ1v) is 8.10. The molecule has 1 atom stereocenters. The van der Waals surface area contributed by atoms with Gasteiger partial charge in [-0.05, 0) is 50.6 Å². The standard InChI is InChI=1S/C14H20N2O3S/c1-11-6-7-13(20(17,18)15-2)9-14(11)16-10-12-5-3-4-8-19-12/h4,6-9,12,15-16H,3,5,10H2,1-2H3. The fourth-order valence-corrected chi connectivity index (χ4v) is 2.79. The van der Waals surface area contributed by atoms with Crippen molar-refractivity contribution in [2.45, 2.75) is 30.8 Å². The summed E-state index contributed by atoms with van der Waals surface area (Å²) in [5, 5.41) is 3.27. The Labute approximate surface area is 120 Å². The predicted octanol–water partition coefficient (Wildman–Crippen LogP) is 2.01. The van der Waals surface area contributed by atoms with Crippen LogP contribution in [-0.2, 0) is 14.8 Å². The Morgan fingerprint density at radius 3 is 2.85 bits per heavy atom. The van der Waals surface area contributed by atoms with Gasteiger partial charge in [0.25, 0.3) is 0 Å². The van der Waals surface area contributed by atoms with Gasteiger partial charge in [0.1, 0.15) is 6.10 Å². The van der Waals surface area contributed by atoms with Gasteiger partial charge in [-0.25, -0.2) is 13.1 Å². The summed E-state index contributed by atoms with van der Waals surface area (Å²) in [7, 11) is -2.01. The fraction of sp³-hybridized carbons (Fsp3) is 0.429. The monoisotopic (exact) mass is 296 g/mol. The molecular weight excluding hydrogens is 276 g/mol. The van der Waals surface area contributed by atoms with E-state index in [-0.39, 0.29) is 11.0 Å². The number of sulfonamides is 1. The van der Waals surface area contributed by atoms with Crippen LogP contribution < -0.4 is 10.0 Å². The first-order valence-electron chi connectivity index (χ1n) is 6.61. The molecule has 1 unspecified atom stereocenters. The summed E-state index contributed by atoms with van der Waals surface area (Å²) in [5.41, 5.74) is 1.82. The molecule has 0 saturated carbocycles. The van der Waals surface area contributed by atoms with E-state index in [1.54, 1.807) is 24.5 Å². The number of rotatable bonds is 5.